The van der Waals surface area contributed by atoms with Gasteiger partial charge in [-0.3, -0.25) is 0 Å². The van der Waals surface area contributed by atoms with E-state index in [0.29, 0.717) is 18.0 Å². The molecule has 4 heteroatoms. The summed E-state index contributed by atoms with van der Waals surface area (Å²) in [5, 5.41) is 13.2. The molecule has 1 saturated carbocycles. The van der Waals surface area contributed by atoms with Crippen LogP contribution >= 0.6 is 0 Å². The van der Waals surface area contributed by atoms with Gasteiger partial charge in [-0.2, -0.15) is 0 Å². The Bertz CT molecular complexity index is 417. The maximum absolute atomic E-state index is 13.1. The van der Waals surface area contributed by atoms with Crippen molar-refractivity contribution in [1.82, 2.24) is 5.32 Å². The van der Waals surface area contributed by atoms with Gasteiger partial charge in [0.1, 0.15) is 0 Å². The number of nitrogens with one attached hydrogen (secondary N) is 1. The van der Waals surface area contributed by atoms with E-state index in [9.17, 15) is 13.9 Å². The van der Waals surface area contributed by atoms with Gasteiger partial charge in [0.05, 0.1) is 6.10 Å². The largest absolute Gasteiger partial charge is 0.387 e. The van der Waals surface area contributed by atoms with Gasteiger partial charge < -0.3 is 10.4 Å². The molecule has 1 fully saturated rings. The second kappa shape index (κ2) is 7.70. The molecule has 1 aliphatic rings. The molecule has 1 aromatic rings. The predicted octanol–water partition coefficient (Wildman–Crippen LogP) is 3.56. The van der Waals surface area contributed by atoms with Crippen LogP contribution in [0.5, 0.6) is 0 Å². The van der Waals surface area contributed by atoms with Gasteiger partial charge in [0, 0.05) is 6.54 Å². The van der Waals surface area contributed by atoms with Crippen molar-refractivity contribution in [2.45, 2.75) is 44.6 Å². The highest BCUT2D eigenvalue weighted by atomic mass is 19.2. The topological polar surface area (TPSA) is 32.3 Å². The summed E-state index contributed by atoms with van der Waals surface area (Å²) < 4.78 is 25.9. The van der Waals surface area contributed by atoms with Gasteiger partial charge in [-0.1, -0.05) is 31.7 Å². The molecule has 0 aliphatic heterocycles. The van der Waals surface area contributed by atoms with Gasteiger partial charge in [-0.05, 0) is 43.0 Å². The Morgan fingerprint density at radius 3 is 2.45 bits per heavy atom. The second-order valence-corrected chi connectivity index (χ2v) is 5.71. The fourth-order valence-corrected chi connectivity index (χ4v) is 2.83. The number of rotatable bonds is 5. The van der Waals surface area contributed by atoms with Crippen molar-refractivity contribution in [2.24, 2.45) is 5.92 Å². The van der Waals surface area contributed by atoms with Gasteiger partial charge in [0.2, 0.25) is 0 Å². The van der Waals surface area contributed by atoms with E-state index in [4.69, 9.17) is 0 Å². The quantitative estimate of drug-likeness (QED) is 0.810. The Morgan fingerprint density at radius 1 is 1.10 bits per heavy atom. The fraction of sp³-hybridized carbons (Fsp3) is 0.625. The first-order valence-electron chi connectivity index (χ1n) is 7.50. The van der Waals surface area contributed by atoms with E-state index >= 15 is 0 Å². The highest BCUT2D eigenvalue weighted by Crippen LogP contribution is 2.22. The van der Waals surface area contributed by atoms with Crippen LogP contribution in [0.2, 0.25) is 0 Å². The van der Waals surface area contributed by atoms with Crippen molar-refractivity contribution >= 4 is 0 Å². The summed E-state index contributed by atoms with van der Waals surface area (Å²) >= 11 is 0. The molecule has 2 rings (SSSR count). The van der Waals surface area contributed by atoms with Crippen molar-refractivity contribution in [3.8, 4) is 0 Å². The molecule has 1 aliphatic carbocycles. The lowest BCUT2D eigenvalue weighted by molar-refractivity contribution is 0.171. The van der Waals surface area contributed by atoms with Crippen molar-refractivity contribution in [3.05, 3.63) is 35.4 Å². The van der Waals surface area contributed by atoms with Crippen LogP contribution in [0.25, 0.3) is 0 Å². The van der Waals surface area contributed by atoms with Crippen molar-refractivity contribution in [2.75, 3.05) is 13.1 Å². The van der Waals surface area contributed by atoms with Crippen LogP contribution in [0.15, 0.2) is 18.2 Å². The molecule has 0 radical (unpaired) electrons. The summed E-state index contributed by atoms with van der Waals surface area (Å²) in [6.45, 7) is 1.27. The smallest absolute Gasteiger partial charge is 0.159 e. The third kappa shape index (κ3) is 4.53. The summed E-state index contributed by atoms with van der Waals surface area (Å²) in [4.78, 5) is 0. The van der Waals surface area contributed by atoms with Gasteiger partial charge >= 0.3 is 0 Å². The van der Waals surface area contributed by atoms with E-state index < -0.39 is 17.7 Å². The zero-order chi connectivity index (χ0) is 14.4. The lowest BCUT2D eigenvalue weighted by Crippen LogP contribution is -2.27. The number of halogens is 2. The molecule has 0 aromatic heterocycles. The van der Waals surface area contributed by atoms with Crippen LogP contribution in [0.4, 0.5) is 8.78 Å². The Labute approximate surface area is 119 Å². The molecule has 2 N–H and O–H groups in total. The Kier molecular flexibility index (Phi) is 5.92. The first-order chi connectivity index (χ1) is 9.66. The number of benzene rings is 1. The summed E-state index contributed by atoms with van der Waals surface area (Å²) in [5.41, 5.74) is 0.414. The van der Waals surface area contributed by atoms with Crippen molar-refractivity contribution in [3.63, 3.8) is 0 Å². The molecular weight excluding hydrogens is 260 g/mol. The standard InChI is InChI=1S/C16H23F2NO/c17-14-8-7-13(9-15(14)18)16(20)11-19-10-12-5-3-1-2-4-6-12/h7-9,12,16,19-20H,1-6,10-11H2/t16-/m1/s1. The number of aliphatic hydroxyl groups is 1. The normalized spacial score (nSPS) is 18.8. The lowest BCUT2D eigenvalue weighted by atomic mass is 10.0. The summed E-state index contributed by atoms with van der Waals surface area (Å²) in [6.07, 6.45) is 6.93. The molecule has 2 nitrogen and oxygen atoms in total. The van der Waals surface area contributed by atoms with E-state index in [1.807, 2.05) is 0 Å². The van der Waals surface area contributed by atoms with E-state index in [1.54, 1.807) is 0 Å². The van der Waals surface area contributed by atoms with E-state index in [2.05, 4.69) is 5.32 Å². The maximum atomic E-state index is 13.1. The zero-order valence-corrected chi connectivity index (χ0v) is 11.7. The van der Waals surface area contributed by atoms with Crippen LogP contribution in [0, 0.1) is 17.6 Å². The van der Waals surface area contributed by atoms with Gasteiger partial charge in [-0.15, -0.1) is 0 Å². The molecule has 0 saturated heterocycles. The first-order valence-corrected chi connectivity index (χ1v) is 7.50. The maximum Gasteiger partial charge on any atom is 0.159 e. The molecule has 0 heterocycles. The molecule has 0 unspecified atom stereocenters. The highest BCUT2D eigenvalue weighted by Gasteiger charge is 2.14. The average Bonchev–Trinajstić information content (AvgIpc) is 2.70. The Morgan fingerprint density at radius 2 is 1.80 bits per heavy atom. The SMILES string of the molecule is O[C@H](CNCC1CCCCCC1)c1ccc(F)c(F)c1. The molecule has 1 aromatic carbocycles. The molecule has 1 atom stereocenters. The van der Waals surface area contributed by atoms with Crippen LogP contribution in [-0.2, 0) is 0 Å². The molecular formula is C16H23F2NO. The van der Waals surface area contributed by atoms with Crippen molar-refractivity contribution in [1.29, 1.82) is 0 Å². The highest BCUT2D eigenvalue weighted by molar-refractivity contribution is 5.20. The predicted molar refractivity (Wildman–Crippen MR) is 75.4 cm³/mol. The fourth-order valence-electron chi connectivity index (χ4n) is 2.83. The van der Waals surface area contributed by atoms with E-state index in [-0.39, 0.29) is 0 Å². The minimum Gasteiger partial charge on any atom is -0.387 e. The summed E-state index contributed by atoms with van der Waals surface area (Å²) in [6, 6.07) is 3.54. The third-order valence-electron chi connectivity index (χ3n) is 4.07. The lowest BCUT2D eigenvalue weighted by Gasteiger charge is -2.17. The van der Waals surface area contributed by atoms with E-state index in [0.717, 1.165) is 18.7 Å². The molecule has 0 spiro atoms. The summed E-state index contributed by atoms with van der Waals surface area (Å²) in [5.74, 6) is -1.12. The molecule has 20 heavy (non-hydrogen) atoms. The minimum absolute atomic E-state index is 0.377. The van der Waals surface area contributed by atoms with Crippen LogP contribution in [0.1, 0.15) is 50.2 Å². The van der Waals surface area contributed by atoms with Crippen LogP contribution < -0.4 is 5.32 Å². The van der Waals surface area contributed by atoms with Crippen LogP contribution in [-0.4, -0.2) is 18.2 Å². The number of aliphatic hydroxyl groups excluding tert-OH is 1. The monoisotopic (exact) mass is 283 g/mol. The van der Waals surface area contributed by atoms with Gasteiger partial charge in [0.15, 0.2) is 11.6 Å². The Balaban J connectivity index is 1.76. The number of hydrogen-bond acceptors (Lipinski definition) is 2. The Hall–Kier alpha value is -1.00. The molecule has 112 valence electrons. The summed E-state index contributed by atoms with van der Waals surface area (Å²) in [7, 11) is 0. The van der Waals surface area contributed by atoms with Gasteiger partial charge in [-0.25, -0.2) is 8.78 Å². The van der Waals surface area contributed by atoms with Gasteiger partial charge in [0.25, 0.3) is 0 Å². The molecule has 0 amide bonds. The minimum atomic E-state index is -0.912. The van der Waals surface area contributed by atoms with Crippen molar-refractivity contribution < 1.29 is 13.9 Å². The second-order valence-electron chi connectivity index (χ2n) is 5.71. The first kappa shape index (κ1) is 15.4. The van der Waals surface area contributed by atoms with Crippen LogP contribution in [0.3, 0.4) is 0 Å². The third-order valence-corrected chi connectivity index (χ3v) is 4.07. The molecule has 0 bridgehead atoms. The average molecular weight is 283 g/mol. The zero-order valence-electron chi connectivity index (χ0n) is 11.7. The number of hydrogen-bond donors (Lipinski definition) is 2. The van der Waals surface area contributed by atoms with E-state index in [1.165, 1.54) is 44.6 Å².